The molecule has 0 fully saturated rings. The van der Waals surface area contributed by atoms with Gasteiger partial charge in [-0.15, -0.1) is 11.8 Å². The molecule has 3 aromatic rings. The lowest BCUT2D eigenvalue weighted by molar-refractivity contribution is 0.0641. The Hall–Kier alpha value is -2.85. The van der Waals surface area contributed by atoms with Crippen LogP contribution in [0.1, 0.15) is 26.3 Å². The average Bonchev–Trinajstić information content (AvgIpc) is 2.94. The van der Waals surface area contributed by atoms with Crippen molar-refractivity contribution < 1.29 is 9.59 Å². The second-order valence-electron chi connectivity index (χ2n) is 6.13. The van der Waals surface area contributed by atoms with Crippen molar-refractivity contribution in [1.29, 1.82) is 0 Å². The molecule has 1 aliphatic rings. The molecule has 26 heavy (non-hydrogen) atoms. The highest BCUT2D eigenvalue weighted by Gasteiger charge is 2.35. The fourth-order valence-electron chi connectivity index (χ4n) is 3.24. The topological polar surface area (TPSA) is 37.4 Å². The van der Waals surface area contributed by atoms with Crippen LogP contribution in [0.3, 0.4) is 0 Å². The van der Waals surface area contributed by atoms with Gasteiger partial charge in [0.2, 0.25) is 0 Å². The normalized spacial score (nSPS) is 13.2. The van der Waals surface area contributed by atoms with Gasteiger partial charge in [-0.2, -0.15) is 0 Å². The van der Waals surface area contributed by atoms with E-state index in [2.05, 4.69) is 18.2 Å². The van der Waals surface area contributed by atoms with Gasteiger partial charge in [0.25, 0.3) is 11.8 Å². The highest BCUT2D eigenvalue weighted by molar-refractivity contribution is 7.98. The minimum atomic E-state index is -0.218. The number of nitrogens with zero attached hydrogens (tertiary/aromatic N) is 1. The number of benzene rings is 3. The van der Waals surface area contributed by atoms with Gasteiger partial charge in [-0.25, -0.2) is 0 Å². The highest BCUT2D eigenvalue weighted by atomic mass is 32.2. The summed E-state index contributed by atoms with van der Waals surface area (Å²) in [6.07, 6.45) is 2.01. The van der Waals surface area contributed by atoms with E-state index in [0.29, 0.717) is 11.1 Å². The number of thioether (sulfide) groups is 1. The van der Waals surface area contributed by atoms with Gasteiger partial charge in [0, 0.05) is 4.90 Å². The second kappa shape index (κ2) is 6.81. The van der Waals surface area contributed by atoms with Gasteiger partial charge in [-0.1, -0.05) is 54.6 Å². The van der Waals surface area contributed by atoms with Gasteiger partial charge in [0.05, 0.1) is 17.7 Å². The summed E-state index contributed by atoms with van der Waals surface area (Å²) < 4.78 is 0. The lowest BCUT2D eigenvalue weighted by atomic mass is 10.0. The van der Waals surface area contributed by atoms with E-state index >= 15 is 0 Å². The Bertz CT molecular complexity index is 963. The number of amides is 2. The third-order valence-corrected chi connectivity index (χ3v) is 5.42. The van der Waals surface area contributed by atoms with E-state index in [1.54, 1.807) is 36.0 Å². The summed E-state index contributed by atoms with van der Waals surface area (Å²) in [5, 5.41) is 0. The van der Waals surface area contributed by atoms with Crippen molar-refractivity contribution >= 4 is 23.6 Å². The van der Waals surface area contributed by atoms with Crippen LogP contribution >= 0.6 is 11.8 Å². The maximum Gasteiger partial charge on any atom is 0.261 e. The molecule has 3 nitrogen and oxygen atoms in total. The second-order valence-corrected chi connectivity index (χ2v) is 6.98. The monoisotopic (exact) mass is 359 g/mol. The molecular formula is C22H17NO2S. The van der Waals surface area contributed by atoms with E-state index in [4.69, 9.17) is 0 Å². The summed E-state index contributed by atoms with van der Waals surface area (Å²) in [4.78, 5) is 27.6. The first kappa shape index (κ1) is 16.6. The van der Waals surface area contributed by atoms with Crippen LogP contribution in [-0.2, 0) is 6.54 Å². The number of hydrogen-bond acceptors (Lipinski definition) is 3. The van der Waals surface area contributed by atoms with Crippen LogP contribution in [0.15, 0.2) is 77.7 Å². The first-order chi connectivity index (χ1) is 12.7. The maximum absolute atomic E-state index is 12.6. The first-order valence-electron chi connectivity index (χ1n) is 8.36. The van der Waals surface area contributed by atoms with Crippen molar-refractivity contribution in [2.24, 2.45) is 0 Å². The zero-order valence-electron chi connectivity index (χ0n) is 14.3. The van der Waals surface area contributed by atoms with Crippen LogP contribution in [0.2, 0.25) is 0 Å². The van der Waals surface area contributed by atoms with Gasteiger partial charge in [-0.05, 0) is 41.1 Å². The molecule has 0 unspecified atom stereocenters. The van der Waals surface area contributed by atoms with E-state index in [9.17, 15) is 9.59 Å². The summed E-state index contributed by atoms with van der Waals surface area (Å²) in [6, 6.07) is 23.3. The molecule has 0 aromatic heterocycles. The molecule has 0 spiro atoms. The summed E-state index contributed by atoms with van der Waals surface area (Å²) >= 11 is 1.62. The number of carbonyl (C=O) groups excluding carboxylic acids is 2. The predicted molar refractivity (Wildman–Crippen MR) is 104 cm³/mol. The smallest absolute Gasteiger partial charge is 0.261 e. The predicted octanol–water partition coefficient (Wildman–Crippen LogP) is 4.87. The van der Waals surface area contributed by atoms with Crippen LogP contribution in [-0.4, -0.2) is 23.0 Å². The number of rotatable bonds is 4. The highest BCUT2D eigenvalue weighted by Crippen LogP contribution is 2.31. The molecule has 0 atom stereocenters. The van der Waals surface area contributed by atoms with Gasteiger partial charge < -0.3 is 0 Å². The van der Waals surface area contributed by atoms with Crippen LogP contribution in [0, 0.1) is 0 Å². The number of hydrogen-bond donors (Lipinski definition) is 0. The largest absolute Gasteiger partial charge is 0.270 e. The van der Waals surface area contributed by atoms with Crippen LogP contribution in [0.4, 0.5) is 0 Å². The summed E-state index contributed by atoms with van der Waals surface area (Å²) in [7, 11) is 0. The molecule has 0 radical (unpaired) electrons. The van der Waals surface area contributed by atoms with E-state index < -0.39 is 0 Å². The minimum Gasteiger partial charge on any atom is -0.270 e. The van der Waals surface area contributed by atoms with Crippen LogP contribution in [0.25, 0.3) is 11.1 Å². The molecule has 3 aromatic carbocycles. The van der Waals surface area contributed by atoms with E-state index in [-0.39, 0.29) is 18.4 Å². The molecular weight excluding hydrogens is 342 g/mol. The van der Waals surface area contributed by atoms with Crippen molar-refractivity contribution in [1.82, 2.24) is 4.90 Å². The van der Waals surface area contributed by atoms with Gasteiger partial charge >= 0.3 is 0 Å². The lowest BCUT2D eigenvalue weighted by Gasteiger charge is -2.17. The average molecular weight is 359 g/mol. The Balaban J connectivity index is 1.65. The summed E-state index contributed by atoms with van der Waals surface area (Å²) in [5.74, 6) is -0.436. The Kier molecular flexibility index (Phi) is 4.35. The van der Waals surface area contributed by atoms with Crippen molar-refractivity contribution in [2.45, 2.75) is 11.4 Å². The zero-order chi connectivity index (χ0) is 18.1. The molecule has 0 saturated heterocycles. The number of carbonyl (C=O) groups is 2. The van der Waals surface area contributed by atoms with Crippen molar-refractivity contribution in [2.75, 3.05) is 6.26 Å². The Morgan fingerprint density at radius 1 is 0.769 bits per heavy atom. The molecule has 0 aliphatic carbocycles. The SMILES string of the molecule is CSc1cc(-c2ccccc2)ccc1CN1C(=O)c2ccccc2C1=O. The summed E-state index contributed by atoms with van der Waals surface area (Å²) in [6.45, 7) is 0.289. The van der Waals surface area contributed by atoms with Crippen molar-refractivity contribution in [3.63, 3.8) is 0 Å². The number of imide groups is 1. The molecule has 1 aliphatic heterocycles. The molecule has 4 heteroatoms. The minimum absolute atomic E-state index is 0.218. The Labute approximate surface area is 156 Å². The van der Waals surface area contributed by atoms with Crippen LogP contribution < -0.4 is 0 Å². The van der Waals surface area contributed by atoms with E-state index in [1.165, 1.54) is 4.90 Å². The first-order valence-corrected chi connectivity index (χ1v) is 9.59. The summed E-state index contributed by atoms with van der Waals surface area (Å²) in [5.41, 5.74) is 4.23. The van der Waals surface area contributed by atoms with Gasteiger partial charge in [0.1, 0.15) is 0 Å². The molecule has 0 bridgehead atoms. The molecule has 1 heterocycles. The quantitative estimate of drug-likeness (QED) is 0.492. The van der Waals surface area contributed by atoms with E-state index in [0.717, 1.165) is 21.6 Å². The zero-order valence-corrected chi connectivity index (χ0v) is 15.1. The third kappa shape index (κ3) is 2.82. The molecule has 2 amide bonds. The number of fused-ring (bicyclic) bond motifs is 1. The molecule has 0 saturated carbocycles. The molecule has 4 rings (SSSR count). The lowest BCUT2D eigenvalue weighted by Crippen LogP contribution is -2.29. The maximum atomic E-state index is 12.6. The molecule has 0 N–H and O–H groups in total. The van der Waals surface area contributed by atoms with Crippen LogP contribution in [0.5, 0.6) is 0 Å². The van der Waals surface area contributed by atoms with Gasteiger partial charge in [0.15, 0.2) is 0 Å². The standard InChI is InChI=1S/C22H17NO2S/c1-26-20-13-16(15-7-3-2-4-8-15)11-12-17(20)14-23-21(24)18-9-5-6-10-19(18)22(23)25/h2-13H,14H2,1H3. The molecule has 128 valence electrons. The fraction of sp³-hybridized carbons (Fsp3) is 0.0909. The Morgan fingerprint density at radius 2 is 1.38 bits per heavy atom. The van der Waals surface area contributed by atoms with E-state index in [1.807, 2.05) is 36.6 Å². The Morgan fingerprint density at radius 3 is 2.00 bits per heavy atom. The van der Waals surface area contributed by atoms with Crippen molar-refractivity contribution in [3.8, 4) is 11.1 Å². The third-order valence-electron chi connectivity index (χ3n) is 4.60. The van der Waals surface area contributed by atoms with Gasteiger partial charge in [-0.3, -0.25) is 14.5 Å². The van der Waals surface area contributed by atoms with Crippen molar-refractivity contribution in [3.05, 3.63) is 89.5 Å². The fourth-order valence-corrected chi connectivity index (χ4v) is 3.88.